The molecule has 1 fully saturated rings. The topological polar surface area (TPSA) is 75.7 Å². The maximum Gasteiger partial charge on any atom is 0.241 e. The zero-order valence-corrected chi connectivity index (χ0v) is 13.7. The van der Waals surface area contributed by atoms with Crippen LogP contribution in [0.5, 0.6) is 5.75 Å². The zero-order valence-electron chi connectivity index (χ0n) is 12.9. The number of amides is 1. The molecule has 7 heteroatoms. The number of rotatable bonds is 5. The minimum absolute atomic E-state index is 0.119. The van der Waals surface area contributed by atoms with Gasteiger partial charge in [0.15, 0.2) is 0 Å². The summed E-state index contributed by atoms with van der Waals surface area (Å²) < 4.78 is 31.7. The van der Waals surface area contributed by atoms with Crippen LogP contribution in [0.1, 0.15) is 19.8 Å². The van der Waals surface area contributed by atoms with Crippen molar-refractivity contribution < 1.29 is 17.9 Å². The molecule has 1 N–H and O–H groups in total. The van der Waals surface area contributed by atoms with Gasteiger partial charge in [0.25, 0.3) is 0 Å². The molecule has 2 rings (SSSR count). The molecule has 0 aliphatic carbocycles. The predicted octanol–water partition coefficient (Wildman–Crippen LogP) is 1.23. The van der Waals surface area contributed by atoms with Crippen LogP contribution in [-0.2, 0) is 14.8 Å². The Labute approximate surface area is 131 Å². The van der Waals surface area contributed by atoms with Gasteiger partial charge < -0.3 is 9.64 Å². The summed E-state index contributed by atoms with van der Waals surface area (Å²) in [7, 11) is -2.17. The van der Waals surface area contributed by atoms with Crippen molar-refractivity contribution in [3.63, 3.8) is 0 Å². The average molecular weight is 326 g/mol. The van der Waals surface area contributed by atoms with Gasteiger partial charge in [-0.2, -0.15) is 0 Å². The van der Waals surface area contributed by atoms with Crippen molar-refractivity contribution in [2.24, 2.45) is 5.92 Å². The molecule has 1 atom stereocenters. The molecule has 0 saturated carbocycles. The highest BCUT2D eigenvalue weighted by atomic mass is 32.2. The van der Waals surface area contributed by atoms with Gasteiger partial charge in [0.2, 0.25) is 15.9 Å². The molecule has 6 nitrogen and oxygen atoms in total. The van der Waals surface area contributed by atoms with E-state index < -0.39 is 10.0 Å². The highest BCUT2D eigenvalue weighted by Gasteiger charge is 2.22. The average Bonchev–Trinajstić information content (AvgIpc) is 2.52. The van der Waals surface area contributed by atoms with Gasteiger partial charge >= 0.3 is 0 Å². The molecule has 1 aliphatic heterocycles. The van der Waals surface area contributed by atoms with Gasteiger partial charge in [-0.1, -0.05) is 6.92 Å². The number of ether oxygens (including phenoxy) is 1. The number of methoxy groups -OCH3 is 1. The molecule has 1 heterocycles. The molecule has 0 radical (unpaired) electrons. The lowest BCUT2D eigenvalue weighted by Gasteiger charge is -2.31. The maximum absolute atomic E-state index is 12.2. The van der Waals surface area contributed by atoms with Crippen LogP contribution in [0, 0.1) is 5.92 Å². The third-order valence-corrected chi connectivity index (χ3v) is 5.21. The number of carbonyl (C=O) groups is 1. The van der Waals surface area contributed by atoms with Gasteiger partial charge in [-0.15, -0.1) is 0 Å². The van der Waals surface area contributed by atoms with Crippen molar-refractivity contribution in [1.82, 2.24) is 9.62 Å². The van der Waals surface area contributed by atoms with Crippen LogP contribution < -0.4 is 9.46 Å². The van der Waals surface area contributed by atoms with E-state index in [0.717, 1.165) is 12.8 Å². The molecule has 1 amide bonds. The lowest BCUT2D eigenvalue weighted by atomic mass is 10.0. The van der Waals surface area contributed by atoms with E-state index in [4.69, 9.17) is 4.74 Å². The molecule has 1 aromatic rings. The van der Waals surface area contributed by atoms with Crippen molar-refractivity contribution in [1.29, 1.82) is 0 Å². The number of benzene rings is 1. The molecule has 1 aromatic carbocycles. The third kappa shape index (κ3) is 4.20. The van der Waals surface area contributed by atoms with Crippen molar-refractivity contribution >= 4 is 15.9 Å². The SMILES string of the molecule is COc1ccc(S(=O)(=O)NCC(=O)N2CCCC(C)C2)cc1. The third-order valence-electron chi connectivity index (χ3n) is 3.79. The van der Waals surface area contributed by atoms with E-state index in [9.17, 15) is 13.2 Å². The van der Waals surface area contributed by atoms with Gasteiger partial charge in [0, 0.05) is 13.1 Å². The molecular weight excluding hydrogens is 304 g/mol. The van der Waals surface area contributed by atoms with E-state index in [1.165, 1.54) is 19.2 Å². The first-order valence-corrected chi connectivity index (χ1v) is 8.82. The number of sulfonamides is 1. The van der Waals surface area contributed by atoms with E-state index >= 15 is 0 Å². The Morgan fingerprint density at radius 3 is 2.64 bits per heavy atom. The molecule has 1 unspecified atom stereocenters. The van der Waals surface area contributed by atoms with Gasteiger partial charge in [-0.05, 0) is 43.0 Å². The summed E-state index contributed by atoms with van der Waals surface area (Å²) in [6, 6.07) is 6.05. The van der Waals surface area contributed by atoms with Gasteiger partial charge in [-0.25, -0.2) is 13.1 Å². The number of likely N-dealkylation sites (tertiary alicyclic amines) is 1. The Bertz CT molecular complexity index is 613. The van der Waals surface area contributed by atoms with Crippen LogP contribution in [0.3, 0.4) is 0 Å². The normalized spacial score (nSPS) is 19.0. The monoisotopic (exact) mass is 326 g/mol. The zero-order chi connectivity index (χ0) is 16.2. The Hall–Kier alpha value is -1.60. The smallest absolute Gasteiger partial charge is 0.241 e. The lowest BCUT2D eigenvalue weighted by Crippen LogP contribution is -2.44. The summed E-state index contributed by atoms with van der Waals surface area (Å²) in [4.78, 5) is 13.9. The first-order valence-electron chi connectivity index (χ1n) is 7.34. The molecule has 0 bridgehead atoms. The summed E-state index contributed by atoms with van der Waals surface area (Å²) in [6.07, 6.45) is 2.08. The minimum Gasteiger partial charge on any atom is -0.497 e. The summed E-state index contributed by atoms with van der Waals surface area (Å²) in [6.45, 7) is 3.29. The highest BCUT2D eigenvalue weighted by molar-refractivity contribution is 7.89. The lowest BCUT2D eigenvalue weighted by molar-refractivity contribution is -0.131. The number of nitrogens with zero attached hydrogens (tertiary/aromatic N) is 1. The number of hydrogen-bond acceptors (Lipinski definition) is 4. The van der Waals surface area contributed by atoms with Crippen molar-refractivity contribution in [2.75, 3.05) is 26.7 Å². The van der Waals surface area contributed by atoms with Crippen molar-refractivity contribution in [3.8, 4) is 5.75 Å². The second-order valence-electron chi connectivity index (χ2n) is 5.59. The fourth-order valence-electron chi connectivity index (χ4n) is 2.52. The fraction of sp³-hybridized carbons (Fsp3) is 0.533. The highest BCUT2D eigenvalue weighted by Crippen LogP contribution is 2.16. The molecule has 1 saturated heterocycles. The molecule has 22 heavy (non-hydrogen) atoms. The largest absolute Gasteiger partial charge is 0.497 e. The Morgan fingerprint density at radius 1 is 1.36 bits per heavy atom. The summed E-state index contributed by atoms with van der Waals surface area (Å²) in [5, 5.41) is 0. The van der Waals surface area contributed by atoms with Crippen molar-refractivity contribution in [3.05, 3.63) is 24.3 Å². The van der Waals surface area contributed by atoms with Crippen LogP contribution >= 0.6 is 0 Å². The van der Waals surface area contributed by atoms with E-state index in [1.54, 1.807) is 17.0 Å². The summed E-state index contributed by atoms with van der Waals surface area (Å²) in [5.41, 5.74) is 0. The summed E-state index contributed by atoms with van der Waals surface area (Å²) in [5.74, 6) is 0.872. The number of hydrogen-bond donors (Lipinski definition) is 1. The van der Waals surface area contributed by atoms with Gasteiger partial charge in [0.1, 0.15) is 5.75 Å². The number of piperidine rings is 1. The molecule has 0 spiro atoms. The quantitative estimate of drug-likeness (QED) is 0.883. The van der Waals surface area contributed by atoms with Crippen LogP contribution in [0.15, 0.2) is 29.2 Å². The Kier molecular flexibility index (Phi) is 5.42. The van der Waals surface area contributed by atoms with Crippen LogP contribution in [-0.4, -0.2) is 46.0 Å². The molecule has 1 aliphatic rings. The summed E-state index contributed by atoms with van der Waals surface area (Å²) >= 11 is 0. The van der Waals surface area contributed by atoms with Crippen molar-refractivity contribution in [2.45, 2.75) is 24.7 Å². The molecular formula is C15H22N2O4S. The maximum atomic E-state index is 12.2. The second kappa shape index (κ2) is 7.11. The first-order chi connectivity index (χ1) is 10.4. The fourth-order valence-corrected chi connectivity index (χ4v) is 3.50. The van der Waals surface area contributed by atoms with Gasteiger partial charge in [0.05, 0.1) is 18.6 Å². The molecule has 122 valence electrons. The van der Waals surface area contributed by atoms with E-state index in [-0.39, 0.29) is 17.3 Å². The van der Waals surface area contributed by atoms with Crippen LogP contribution in [0.4, 0.5) is 0 Å². The Balaban J connectivity index is 1.95. The molecule has 0 aromatic heterocycles. The van der Waals surface area contributed by atoms with Gasteiger partial charge in [-0.3, -0.25) is 4.79 Å². The Morgan fingerprint density at radius 2 is 2.05 bits per heavy atom. The second-order valence-corrected chi connectivity index (χ2v) is 7.35. The minimum atomic E-state index is -3.69. The number of carbonyl (C=O) groups excluding carboxylic acids is 1. The predicted molar refractivity (Wildman–Crippen MR) is 83.2 cm³/mol. The van der Waals surface area contributed by atoms with Crippen LogP contribution in [0.2, 0.25) is 0 Å². The first kappa shape index (κ1) is 16.8. The van der Waals surface area contributed by atoms with E-state index in [1.807, 2.05) is 0 Å². The standard InChI is InChI=1S/C15H22N2O4S/c1-12-4-3-9-17(11-12)15(18)10-16-22(19,20)14-7-5-13(21-2)6-8-14/h5-8,12,16H,3-4,9-11H2,1-2H3. The van der Waals surface area contributed by atoms with Crippen LogP contribution in [0.25, 0.3) is 0 Å². The van der Waals surface area contributed by atoms with E-state index in [2.05, 4.69) is 11.6 Å². The number of nitrogens with one attached hydrogen (secondary N) is 1. The van der Waals surface area contributed by atoms with E-state index in [0.29, 0.717) is 24.8 Å².